The van der Waals surface area contributed by atoms with E-state index in [2.05, 4.69) is 22.4 Å². The van der Waals surface area contributed by atoms with Crippen LogP contribution < -0.4 is 5.32 Å². The van der Waals surface area contributed by atoms with Crippen molar-refractivity contribution in [1.82, 2.24) is 10.2 Å². The summed E-state index contributed by atoms with van der Waals surface area (Å²) in [5.41, 5.74) is 0. The van der Waals surface area contributed by atoms with Gasteiger partial charge in [-0.15, -0.1) is 0 Å². The number of aromatic amines is 1. The topological polar surface area (TPSA) is 57.8 Å². The van der Waals surface area contributed by atoms with E-state index in [1.807, 2.05) is 0 Å². The number of H-pyrrole nitrogens is 1. The molecule has 0 radical (unpaired) electrons. The Kier molecular flexibility index (Phi) is 1.60. The molecule has 1 saturated carbocycles. The van der Waals surface area contributed by atoms with Gasteiger partial charge >= 0.3 is 0 Å². The lowest BCUT2D eigenvalue weighted by Crippen LogP contribution is -2.14. The van der Waals surface area contributed by atoms with Crippen LogP contribution in [0.1, 0.15) is 13.3 Å². The second-order valence-corrected chi connectivity index (χ2v) is 3.28. The van der Waals surface area contributed by atoms with E-state index in [-0.39, 0.29) is 11.8 Å². The highest BCUT2D eigenvalue weighted by atomic mass is 16.2. The maximum atomic E-state index is 11.3. The lowest BCUT2D eigenvalue weighted by atomic mass is 10.3. The van der Waals surface area contributed by atoms with Crippen molar-refractivity contribution in [2.45, 2.75) is 13.3 Å². The van der Waals surface area contributed by atoms with Crippen LogP contribution in [0.25, 0.3) is 0 Å². The van der Waals surface area contributed by atoms with Gasteiger partial charge in [-0.25, -0.2) is 0 Å². The second-order valence-electron chi connectivity index (χ2n) is 3.28. The quantitative estimate of drug-likeness (QED) is 0.687. The molecule has 1 fully saturated rings. The summed E-state index contributed by atoms with van der Waals surface area (Å²) in [5.74, 6) is 1.55. The van der Waals surface area contributed by atoms with Crippen molar-refractivity contribution >= 4 is 11.7 Å². The molecule has 0 aromatic carbocycles. The van der Waals surface area contributed by atoms with E-state index in [4.69, 9.17) is 0 Å². The Morgan fingerprint density at radius 2 is 2.58 bits per heavy atom. The van der Waals surface area contributed by atoms with Crippen molar-refractivity contribution in [3.8, 4) is 0 Å². The van der Waals surface area contributed by atoms with Gasteiger partial charge in [0.05, 0.1) is 6.20 Å². The maximum Gasteiger partial charge on any atom is 0.228 e. The molecule has 0 aliphatic heterocycles. The Morgan fingerprint density at radius 1 is 1.83 bits per heavy atom. The van der Waals surface area contributed by atoms with Crippen molar-refractivity contribution < 1.29 is 4.79 Å². The molecule has 1 aliphatic carbocycles. The van der Waals surface area contributed by atoms with Gasteiger partial charge in [0.2, 0.25) is 5.91 Å². The highest BCUT2D eigenvalue weighted by molar-refractivity contribution is 5.93. The molecule has 12 heavy (non-hydrogen) atoms. The number of nitrogens with zero attached hydrogens (tertiary/aromatic N) is 1. The minimum atomic E-state index is 0.103. The monoisotopic (exact) mass is 165 g/mol. The van der Waals surface area contributed by atoms with Crippen molar-refractivity contribution in [2.24, 2.45) is 11.8 Å². The summed E-state index contributed by atoms with van der Waals surface area (Å²) < 4.78 is 0. The molecule has 1 heterocycles. The Balaban J connectivity index is 1.92. The van der Waals surface area contributed by atoms with Gasteiger partial charge in [0, 0.05) is 12.0 Å². The van der Waals surface area contributed by atoms with Gasteiger partial charge in [-0.05, 0) is 12.3 Å². The summed E-state index contributed by atoms with van der Waals surface area (Å²) in [6.07, 6.45) is 2.63. The molecular formula is C8H11N3O. The number of carbonyl (C=O) groups excluding carboxylic acids is 1. The predicted octanol–water partition coefficient (Wildman–Crippen LogP) is 1.00. The SMILES string of the molecule is CC1CC1C(=O)Nc1ccn[nH]1. The molecule has 0 saturated heterocycles. The molecule has 4 heteroatoms. The largest absolute Gasteiger partial charge is 0.311 e. The number of hydrogen-bond donors (Lipinski definition) is 2. The average Bonchev–Trinajstić information content (AvgIpc) is 2.58. The molecule has 2 rings (SSSR count). The third-order valence-electron chi connectivity index (χ3n) is 2.20. The van der Waals surface area contributed by atoms with E-state index in [1.54, 1.807) is 12.3 Å². The van der Waals surface area contributed by atoms with Crippen LogP contribution in [-0.4, -0.2) is 16.1 Å². The van der Waals surface area contributed by atoms with Crippen LogP contribution in [-0.2, 0) is 4.79 Å². The predicted molar refractivity (Wildman–Crippen MR) is 44.5 cm³/mol. The number of aromatic nitrogens is 2. The van der Waals surface area contributed by atoms with Crippen molar-refractivity contribution in [1.29, 1.82) is 0 Å². The van der Waals surface area contributed by atoms with Crippen LogP contribution in [0.3, 0.4) is 0 Å². The molecule has 64 valence electrons. The molecule has 0 spiro atoms. The summed E-state index contributed by atoms with van der Waals surface area (Å²) in [7, 11) is 0. The molecule has 1 aromatic heterocycles. The molecule has 4 nitrogen and oxygen atoms in total. The van der Waals surface area contributed by atoms with Crippen LogP contribution in [0.15, 0.2) is 12.3 Å². The molecule has 1 amide bonds. The molecule has 0 bridgehead atoms. The van der Waals surface area contributed by atoms with Crippen LogP contribution in [0.2, 0.25) is 0 Å². The van der Waals surface area contributed by atoms with E-state index < -0.39 is 0 Å². The third kappa shape index (κ3) is 1.32. The fourth-order valence-electron chi connectivity index (χ4n) is 1.24. The van der Waals surface area contributed by atoms with E-state index in [1.165, 1.54) is 0 Å². The number of nitrogens with one attached hydrogen (secondary N) is 2. The first kappa shape index (κ1) is 7.34. The highest BCUT2D eigenvalue weighted by Gasteiger charge is 2.39. The molecule has 2 N–H and O–H groups in total. The standard InChI is InChI=1S/C8H11N3O/c1-5-4-6(5)8(12)10-7-2-3-9-11-7/h2-3,5-6H,4H2,1H3,(H2,9,10,11,12). The van der Waals surface area contributed by atoms with Gasteiger partial charge in [-0.2, -0.15) is 5.10 Å². The number of carbonyl (C=O) groups is 1. The zero-order chi connectivity index (χ0) is 8.55. The first-order valence-electron chi connectivity index (χ1n) is 4.07. The number of hydrogen-bond acceptors (Lipinski definition) is 2. The second kappa shape index (κ2) is 2.62. The third-order valence-corrected chi connectivity index (χ3v) is 2.20. The minimum absolute atomic E-state index is 0.103. The summed E-state index contributed by atoms with van der Waals surface area (Å²) in [5, 5.41) is 9.18. The normalized spacial score (nSPS) is 26.8. The molecule has 2 atom stereocenters. The van der Waals surface area contributed by atoms with Gasteiger partial charge in [-0.1, -0.05) is 6.92 Å². The van der Waals surface area contributed by atoms with Crippen molar-refractivity contribution in [3.05, 3.63) is 12.3 Å². The molecule has 2 unspecified atom stereocenters. The minimum Gasteiger partial charge on any atom is -0.311 e. The lowest BCUT2D eigenvalue weighted by molar-refractivity contribution is -0.117. The Labute approximate surface area is 70.4 Å². The summed E-state index contributed by atoms with van der Waals surface area (Å²) >= 11 is 0. The Morgan fingerprint density at radius 3 is 3.08 bits per heavy atom. The summed E-state index contributed by atoms with van der Waals surface area (Å²) in [4.78, 5) is 11.3. The summed E-state index contributed by atoms with van der Waals surface area (Å²) in [6.45, 7) is 2.08. The Hall–Kier alpha value is -1.32. The fourth-order valence-corrected chi connectivity index (χ4v) is 1.24. The first-order valence-corrected chi connectivity index (χ1v) is 4.07. The van der Waals surface area contributed by atoms with E-state index in [0.717, 1.165) is 6.42 Å². The number of amides is 1. The van der Waals surface area contributed by atoms with Gasteiger partial charge in [-0.3, -0.25) is 9.89 Å². The van der Waals surface area contributed by atoms with Crippen LogP contribution in [0.4, 0.5) is 5.82 Å². The zero-order valence-corrected chi connectivity index (χ0v) is 6.87. The first-order chi connectivity index (χ1) is 5.77. The number of rotatable bonds is 2. The van der Waals surface area contributed by atoms with Crippen molar-refractivity contribution in [2.75, 3.05) is 5.32 Å². The zero-order valence-electron chi connectivity index (χ0n) is 6.87. The molecular weight excluding hydrogens is 154 g/mol. The van der Waals surface area contributed by atoms with Crippen LogP contribution in [0.5, 0.6) is 0 Å². The highest BCUT2D eigenvalue weighted by Crippen LogP contribution is 2.38. The van der Waals surface area contributed by atoms with Gasteiger partial charge < -0.3 is 5.32 Å². The van der Waals surface area contributed by atoms with Crippen LogP contribution in [0, 0.1) is 11.8 Å². The maximum absolute atomic E-state index is 11.3. The van der Waals surface area contributed by atoms with E-state index >= 15 is 0 Å². The molecule has 1 aromatic rings. The van der Waals surface area contributed by atoms with Crippen LogP contribution >= 0.6 is 0 Å². The number of anilines is 1. The lowest BCUT2D eigenvalue weighted by Gasteiger charge is -1.98. The van der Waals surface area contributed by atoms with Crippen molar-refractivity contribution in [3.63, 3.8) is 0 Å². The smallest absolute Gasteiger partial charge is 0.228 e. The van der Waals surface area contributed by atoms with Gasteiger partial charge in [0.1, 0.15) is 5.82 Å². The Bertz CT molecular complexity index is 281. The average molecular weight is 165 g/mol. The van der Waals surface area contributed by atoms with Gasteiger partial charge in [0.15, 0.2) is 0 Å². The summed E-state index contributed by atoms with van der Waals surface area (Å²) in [6, 6.07) is 1.74. The molecule has 1 aliphatic rings. The van der Waals surface area contributed by atoms with E-state index in [9.17, 15) is 4.79 Å². The fraction of sp³-hybridized carbons (Fsp3) is 0.500. The van der Waals surface area contributed by atoms with Gasteiger partial charge in [0.25, 0.3) is 0 Å². The van der Waals surface area contributed by atoms with E-state index in [0.29, 0.717) is 11.7 Å².